The van der Waals surface area contributed by atoms with Crippen molar-refractivity contribution in [3.63, 3.8) is 0 Å². The first kappa shape index (κ1) is 20.3. The van der Waals surface area contributed by atoms with Crippen molar-refractivity contribution in [2.24, 2.45) is 0 Å². The molecule has 152 valence electrons. The Balaban J connectivity index is 1.63. The summed E-state index contributed by atoms with van der Waals surface area (Å²) in [4.78, 5) is 37.2. The van der Waals surface area contributed by atoms with Gasteiger partial charge in [-0.15, -0.1) is 0 Å². The van der Waals surface area contributed by atoms with Gasteiger partial charge in [-0.05, 0) is 49.1 Å². The van der Waals surface area contributed by atoms with Gasteiger partial charge in [0.25, 0.3) is 11.6 Å². The molecule has 1 aliphatic heterocycles. The molecule has 1 amide bonds. The number of anilines is 2. The van der Waals surface area contributed by atoms with E-state index in [0.717, 1.165) is 37.9 Å². The molecule has 1 heterocycles. The Morgan fingerprint density at radius 3 is 2.62 bits per heavy atom. The molecular weight excluding hydrogens is 374 g/mol. The second-order valence-corrected chi connectivity index (χ2v) is 6.83. The molecule has 8 heteroatoms. The van der Waals surface area contributed by atoms with Crippen LogP contribution in [0.25, 0.3) is 0 Å². The monoisotopic (exact) mass is 397 g/mol. The van der Waals surface area contributed by atoms with Crippen molar-refractivity contribution in [1.29, 1.82) is 0 Å². The van der Waals surface area contributed by atoms with Crippen LogP contribution in [0.1, 0.15) is 35.7 Å². The highest BCUT2D eigenvalue weighted by molar-refractivity contribution is 5.96. The van der Waals surface area contributed by atoms with E-state index in [9.17, 15) is 19.7 Å². The second kappa shape index (κ2) is 9.18. The number of carbonyl (C=O) groups is 2. The number of benzene rings is 2. The zero-order valence-electron chi connectivity index (χ0n) is 16.2. The molecule has 29 heavy (non-hydrogen) atoms. The molecule has 1 fully saturated rings. The minimum absolute atomic E-state index is 0.0421. The van der Waals surface area contributed by atoms with Crippen LogP contribution in [0.4, 0.5) is 17.1 Å². The van der Waals surface area contributed by atoms with Crippen molar-refractivity contribution < 1.29 is 19.2 Å². The summed E-state index contributed by atoms with van der Waals surface area (Å²) in [5.41, 5.74) is 2.10. The highest BCUT2D eigenvalue weighted by atomic mass is 16.6. The minimum atomic E-state index is -0.779. The number of esters is 1. The summed E-state index contributed by atoms with van der Waals surface area (Å²) >= 11 is 0. The highest BCUT2D eigenvalue weighted by Crippen LogP contribution is 2.31. The van der Waals surface area contributed by atoms with Crippen molar-refractivity contribution >= 4 is 28.9 Å². The van der Waals surface area contributed by atoms with E-state index >= 15 is 0 Å². The first-order valence-electron chi connectivity index (χ1n) is 9.57. The van der Waals surface area contributed by atoms with E-state index in [-0.39, 0.29) is 11.3 Å². The van der Waals surface area contributed by atoms with Crippen LogP contribution >= 0.6 is 0 Å². The summed E-state index contributed by atoms with van der Waals surface area (Å²) in [5, 5.41) is 14.1. The predicted molar refractivity (Wildman–Crippen MR) is 109 cm³/mol. The van der Waals surface area contributed by atoms with Crippen LogP contribution in [0, 0.1) is 10.1 Å². The smallest absolute Gasteiger partial charge is 0.338 e. The molecule has 1 aliphatic rings. The normalized spacial score (nSPS) is 13.2. The van der Waals surface area contributed by atoms with Crippen molar-refractivity contribution in [2.75, 3.05) is 29.9 Å². The Morgan fingerprint density at radius 1 is 1.17 bits per heavy atom. The molecule has 0 bridgehead atoms. The fraction of sp³-hybridized carbons (Fsp3) is 0.333. The summed E-state index contributed by atoms with van der Waals surface area (Å²) in [6.07, 6.45) is 2.80. The Hall–Kier alpha value is -3.42. The number of nitrogens with zero attached hydrogens (tertiary/aromatic N) is 2. The zero-order chi connectivity index (χ0) is 20.8. The third kappa shape index (κ3) is 5.10. The maximum Gasteiger partial charge on any atom is 0.338 e. The molecule has 1 N–H and O–H groups in total. The number of aryl methyl sites for hydroxylation is 1. The summed E-state index contributed by atoms with van der Waals surface area (Å²) in [5.74, 6) is -1.26. The van der Waals surface area contributed by atoms with Gasteiger partial charge < -0.3 is 15.0 Å². The van der Waals surface area contributed by atoms with Gasteiger partial charge in [0.15, 0.2) is 6.61 Å². The lowest BCUT2D eigenvalue weighted by Gasteiger charge is -2.17. The van der Waals surface area contributed by atoms with Gasteiger partial charge in [0.05, 0.1) is 10.5 Å². The molecule has 0 aromatic heterocycles. The first-order chi connectivity index (χ1) is 14.0. The molecule has 0 spiro atoms. The number of hydrogen-bond acceptors (Lipinski definition) is 6. The lowest BCUT2D eigenvalue weighted by atomic mass is 10.1. The van der Waals surface area contributed by atoms with E-state index in [4.69, 9.17) is 4.74 Å². The van der Waals surface area contributed by atoms with Crippen molar-refractivity contribution in [1.82, 2.24) is 0 Å². The average Bonchev–Trinajstić information content (AvgIpc) is 3.26. The quantitative estimate of drug-likeness (QED) is 0.435. The lowest BCUT2D eigenvalue weighted by molar-refractivity contribution is -0.384. The third-order valence-corrected chi connectivity index (χ3v) is 4.81. The molecule has 8 nitrogen and oxygen atoms in total. The van der Waals surface area contributed by atoms with Gasteiger partial charge >= 0.3 is 5.97 Å². The predicted octanol–water partition coefficient (Wildman–Crippen LogP) is 3.55. The number of nitro benzene ring substituents is 1. The van der Waals surface area contributed by atoms with E-state index in [1.54, 1.807) is 12.1 Å². The number of hydrogen-bond donors (Lipinski definition) is 1. The molecule has 0 unspecified atom stereocenters. The van der Waals surface area contributed by atoms with Crippen LogP contribution in [0.2, 0.25) is 0 Å². The van der Waals surface area contributed by atoms with E-state index < -0.39 is 23.4 Å². The van der Waals surface area contributed by atoms with Gasteiger partial charge in [0.1, 0.15) is 5.69 Å². The molecule has 0 aliphatic carbocycles. The number of nitrogens with one attached hydrogen (secondary N) is 1. The van der Waals surface area contributed by atoms with Crippen LogP contribution < -0.4 is 10.2 Å². The van der Waals surface area contributed by atoms with Crippen molar-refractivity contribution in [2.45, 2.75) is 26.2 Å². The van der Waals surface area contributed by atoms with E-state index in [1.165, 1.54) is 12.1 Å². The zero-order valence-corrected chi connectivity index (χ0v) is 16.2. The van der Waals surface area contributed by atoms with Crippen LogP contribution in [0.3, 0.4) is 0 Å². The number of carbonyl (C=O) groups excluding carboxylic acids is 2. The molecule has 2 aromatic rings. The number of rotatable bonds is 7. The van der Waals surface area contributed by atoms with Gasteiger partial charge in [-0.3, -0.25) is 14.9 Å². The van der Waals surface area contributed by atoms with Gasteiger partial charge in [-0.25, -0.2) is 4.79 Å². The number of amides is 1. The maximum absolute atomic E-state index is 12.3. The standard InChI is InChI=1S/C21H23N3O5/c1-2-15-6-5-7-17(12-15)22-20(25)14-29-21(26)16-8-9-18(19(13-16)24(27)28)23-10-3-4-11-23/h5-9,12-13H,2-4,10-11,14H2,1H3,(H,22,25). The highest BCUT2D eigenvalue weighted by Gasteiger charge is 2.24. The van der Waals surface area contributed by atoms with Crippen LogP contribution in [0.15, 0.2) is 42.5 Å². The van der Waals surface area contributed by atoms with Crippen LogP contribution in [-0.4, -0.2) is 36.5 Å². The van der Waals surface area contributed by atoms with Crippen LogP contribution in [0.5, 0.6) is 0 Å². The summed E-state index contributed by atoms with van der Waals surface area (Å²) < 4.78 is 5.03. The first-order valence-corrected chi connectivity index (χ1v) is 9.57. The summed E-state index contributed by atoms with van der Waals surface area (Å²) in [6.45, 7) is 3.04. The third-order valence-electron chi connectivity index (χ3n) is 4.81. The Bertz CT molecular complexity index is 922. The molecule has 0 radical (unpaired) electrons. The Morgan fingerprint density at radius 2 is 1.93 bits per heavy atom. The molecule has 2 aromatic carbocycles. The maximum atomic E-state index is 12.3. The fourth-order valence-electron chi connectivity index (χ4n) is 3.30. The van der Waals surface area contributed by atoms with E-state index in [2.05, 4.69) is 5.32 Å². The van der Waals surface area contributed by atoms with E-state index in [1.807, 2.05) is 30.0 Å². The number of ether oxygens (including phenoxy) is 1. The largest absolute Gasteiger partial charge is 0.452 e. The molecule has 0 saturated carbocycles. The van der Waals surface area contributed by atoms with Gasteiger partial charge in [-0.1, -0.05) is 19.1 Å². The SMILES string of the molecule is CCc1cccc(NC(=O)COC(=O)c2ccc(N3CCCC3)c([N+](=O)[O-])c2)c1. The fourth-order valence-corrected chi connectivity index (χ4v) is 3.30. The van der Waals surface area contributed by atoms with Gasteiger partial charge in [0.2, 0.25) is 0 Å². The summed E-state index contributed by atoms with van der Waals surface area (Å²) in [6, 6.07) is 11.6. The lowest BCUT2D eigenvalue weighted by Crippen LogP contribution is -2.21. The summed E-state index contributed by atoms with van der Waals surface area (Å²) in [7, 11) is 0. The van der Waals surface area contributed by atoms with Gasteiger partial charge in [-0.2, -0.15) is 0 Å². The van der Waals surface area contributed by atoms with Crippen molar-refractivity contribution in [3.8, 4) is 0 Å². The van der Waals surface area contributed by atoms with Crippen molar-refractivity contribution in [3.05, 3.63) is 63.7 Å². The topological polar surface area (TPSA) is 102 Å². The molecular formula is C21H23N3O5. The van der Waals surface area contributed by atoms with Gasteiger partial charge in [0, 0.05) is 24.8 Å². The Labute approximate surface area is 168 Å². The van der Waals surface area contributed by atoms with Crippen LogP contribution in [-0.2, 0) is 16.0 Å². The number of nitro groups is 1. The van der Waals surface area contributed by atoms with E-state index in [0.29, 0.717) is 11.4 Å². The Kier molecular flexibility index (Phi) is 6.43. The average molecular weight is 397 g/mol. The minimum Gasteiger partial charge on any atom is -0.452 e. The molecule has 1 saturated heterocycles. The second-order valence-electron chi connectivity index (χ2n) is 6.83. The molecule has 3 rings (SSSR count). The molecule has 0 atom stereocenters.